The molecule has 2 aromatic rings. The minimum Gasteiger partial charge on any atom is -0.493 e. The number of hydrogen-bond acceptors (Lipinski definition) is 6. The Morgan fingerprint density at radius 2 is 1.63 bits per heavy atom. The average Bonchev–Trinajstić information content (AvgIpc) is 2.73. The second-order valence-corrected chi connectivity index (χ2v) is 6.54. The van der Waals surface area contributed by atoms with Crippen LogP contribution in [0.25, 0.3) is 0 Å². The van der Waals surface area contributed by atoms with Gasteiger partial charge in [-0.05, 0) is 39.0 Å². The van der Waals surface area contributed by atoms with Crippen molar-refractivity contribution < 1.29 is 28.5 Å². The molecule has 6 nitrogen and oxygen atoms in total. The SMILES string of the molecule is CCOc1cc(C#Cc2cc(OC)c(OC(C)C)cc2OC(=O)CC)ccc1OC. The van der Waals surface area contributed by atoms with E-state index < -0.39 is 0 Å². The van der Waals surface area contributed by atoms with Crippen LogP contribution in [0.4, 0.5) is 0 Å². The second kappa shape index (κ2) is 11.0. The van der Waals surface area contributed by atoms with Gasteiger partial charge in [0.05, 0.1) is 32.5 Å². The van der Waals surface area contributed by atoms with Gasteiger partial charge in [0, 0.05) is 24.1 Å². The minimum absolute atomic E-state index is 0.0677. The van der Waals surface area contributed by atoms with Gasteiger partial charge in [0.25, 0.3) is 0 Å². The third-order valence-corrected chi connectivity index (χ3v) is 3.95. The number of ether oxygens (including phenoxy) is 5. The summed E-state index contributed by atoms with van der Waals surface area (Å²) in [5.41, 5.74) is 1.24. The summed E-state index contributed by atoms with van der Waals surface area (Å²) in [5.74, 6) is 8.35. The fraction of sp³-hybridized carbons (Fsp3) is 0.375. The van der Waals surface area contributed by atoms with Crippen LogP contribution in [0.3, 0.4) is 0 Å². The summed E-state index contributed by atoms with van der Waals surface area (Å²) in [4.78, 5) is 11.9. The molecule has 6 heteroatoms. The summed E-state index contributed by atoms with van der Waals surface area (Å²) in [6.45, 7) is 7.96. The van der Waals surface area contributed by atoms with Gasteiger partial charge in [-0.1, -0.05) is 18.8 Å². The van der Waals surface area contributed by atoms with Crippen LogP contribution in [-0.4, -0.2) is 32.9 Å². The van der Waals surface area contributed by atoms with Crippen LogP contribution in [0.5, 0.6) is 28.7 Å². The highest BCUT2D eigenvalue weighted by Crippen LogP contribution is 2.35. The number of carbonyl (C=O) groups excluding carboxylic acids is 1. The van der Waals surface area contributed by atoms with Crippen LogP contribution in [0, 0.1) is 11.8 Å². The topological polar surface area (TPSA) is 63.2 Å². The Labute approximate surface area is 178 Å². The van der Waals surface area contributed by atoms with Crippen molar-refractivity contribution in [2.24, 2.45) is 0 Å². The van der Waals surface area contributed by atoms with Crippen LogP contribution < -0.4 is 23.7 Å². The Bertz CT molecular complexity index is 937. The fourth-order valence-corrected chi connectivity index (χ4v) is 2.59. The molecule has 0 aliphatic rings. The first-order valence-electron chi connectivity index (χ1n) is 9.83. The third-order valence-electron chi connectivity index (χ3n) is 3.95. The smallest absolute Gasteiger partial charge is 0.310 e. The number of benzene rings is 2. The maximum Gasteiger partial charge on any atom is 0.310 e. The Morgan fingerprint density at radius 3 is 2.23 bits per heavy atom. The van der Waals surface area contributed by atoms with Crippen molar-refractivity contribution in [3.8, 4) is 40.6 Å². The van der Waals surface area contributed by atoms with Crippen molar-refractivity contribution >= 4 is 5.97 Å². The summed E-state index contributed by atoms with van der Waals surface area (Å²) in [5, 5.41) is 0. The number of hydrogen-bond donors (Lipinski definition) is 0. The van der Waals surface area contributed by atoms with Crippen LogP contribution >= 0.6 is 0 Å². The Morgan fingerprint density at radius 1 is 0.900 bits per heavy atom. The lowest BCUT2D eigenvalue weighted by molar-refractivity contribution is -0.134. The largest absolute Gasteiger partial charge is 0.493 e. The van der Waals surface area contributed by atoms with Gasteiger partial charge >= 0.3 is 5.97 Å². The maximum atomic E-state index is 11.9. The van der Waals surface area contributed by atoms with E-state index in [0.29, 0.717) is 40.9 Å². The number of rotatable bonds is 8. The summed E-state index contributed by atoms with van der Waals surface area (Å²) >= 11 is 0. The van der Waals surface area contributed by atoms with E-state index in [-0.39, 0.29) is 18.5 Å². The van der Waals surface area contributed by atoms with Gasteiger partial charge < -0.3 is 23.7 Å². The highest BCUT2D eigenvalue weighted by atomic mass is 16.5. The molecule has 0 amide bonds. The van der Waals surface area contributed by atoms with Crippen LogP contribution in [0.1, 0.15) is 45.2 Å². The van der Waals surface area contributed by atoms with Gasteiger partial charge in [-0.25, -0.2) is 0 Å². The zero-order chi connectivity index (χ0) is 22.1. The summed E-state index contributed by atoms with van der Waals surface area (Å²) in [7, 11) is 3.14. The Kier molecular flexibility index (Phi) is 8.42. The van der Waals surface area contributed by atoms with E-state index in [1.54, 1.807) is 45.4 Å². The molecule has 0 N–H and O–H groups in total. The lowest BCUT2D eigenvalue weighted by atomic mass is 10.1. The molecule has 160 valence electrons. The molecule has 0 aliphatic heterocycles. The fourth-order valence-electron chi connectivity index (χ4n) is 2.59. The predicted molar refractivity (Wildman–Crippen MR) is 115 cm³/mol. The second-order valence-electron chi connectivity index (χ2n) is 6.54. The predicted octanol–water partition coefficient (Wildman–Crippen LogP) is 4.60. The van der Waals surface area contributed by atoms with Gasteiger partial charge in [-0.3, -0.25) is 4.79 Å². The highest BCUT2D eigenvalue weighted by Gasteiger charge is 2.15. The molecular formula is C24H28O6. The first-order chi connectivity index (χ1) is 14.4. The van der Waals surface area contributed by atoms with Crippen molar-refractivity contribution in [2.45, 2.75) is 40.2 Å². The molecule has 0 aliphatic carbocycles. The van der Waals surface area contributed by atoms with Gasteiger partial charge in [0.1, 0.15) is 5.75 Å². The molecule has 0 saturated carbocycles. The number of methoxy groups -OCH3 is 2. The lowest BCUT2D eigenvalue weighted by Gasteiger charge is -2.16. The Balaban J connectivity index is 2.50. The van der Waals surface area contributed by atoms with Crippen molar-refractivity contribution in [2.75, 3.05) is 20.8 Å². The molecule has 0 unspecified atom stereocenters. The lowest BCUT2D eigenvalue weighted by Crippen LogP contribution is -2.10. The zero-order valence-electron chi connectivity index (χ0n) is 18.3. The van der Waals surface area contributed by atoms with Crippen LogP contribution in [-0.2, 0) is 4.79 Å². The van der Waals surface area contributed by atoms with Gasteiger partial charge in [-0.2, -0.15) is 0 Å². The number of carbonyl (C=O) groups is 1. The molecule has 0 spiro atoms. The van der Waals surface area contributed by atoms with E-state index in [2.05, 4.69) is 11.8 Å². The van der Waals surface area contributed by atoms with Gasteiger partial charge in [0.2, 0.25) is 0 Å². The van der Waals surface area contributed by atoms with Crippen molar-refractivity contribution in [3.05, 3.63) is 41.5 Å². The van der Waals surface area contributed by atoms with Crippen molar-refractivity contribution in [1.29, 1.82) is 0 Å². The molecule has 0 saturated heterocycles. The molecule has 0 aromatic heterocycles. The summed E-state index contributed by atoms with van der Waals surface area (Å²) in [6, 6.07) is 8.78. The molecule has 30 heavy (non-hydrogen) atoms. The van der Waals surface area contributed by atoms with Gasteiger partial charge in [0.15, 0.2) is 23.0 Å². The molecule has 2 aromatic carbocycles. The average molecular weight is 412 g/mol. The Hall–Kier alpha value is -3.33. The van der Waals surface area contributed by atoms with E-state index in [9.17, 15) is 4.79 Å². The van der Waals surface area contributed by atoms with E-state index in [1.165, 1.54) is 0 Å². The normalized spacial score (nSPS) is 10.1. The van der Waals surface area contributed by atoms with Crippen LogP contribution in [0.15, 0.2) is 30.3 Å². The maximum absolute atomic E-state index is 11.9. The van der Waals surface area contributed by atoms with E-state index >= 15 is 0 Å². The first kappa shape index (κ1) is 23.0. The van der Waals surface area contributed by atoms with E-state index in [0.717, 1.165) is 5.56 Å². The molecular weight excluding hydrogens is 384 g/mol. The molecule has 0 radical (unpaired) electrons. The molecule has 2 rings (SSSR count). The molecule has 0 fully saturated rings. The van der Waals surface area contributed by atoms with Crippen molar-refractivity contribution in [1.82, 2.24) is 0 Å². The minimum atomic E-state index is -0.359. The van der Waals surface area contributed by atoms with Crippen LogP contribution in [0.2, 0.25) is 0 Å². The monoisotopic (exact) mass is 412 g/mol. The van der Waals surface area contributed by atoms with Gasteiger partial charge in [-0.15, -0.1) is 0 Å². The number of esters is 1. The highest BCUT2D eigenvalue weighted by molar-refractivity contribution is 5.74. The molecule has 0 atom stereocenters. The first-order valence-corrected chi connectivity index (χ1v) is 9.83. The quantitative estimate of drug-likeness (QED) is 0.359. The molecule has 0 bridgehead atoms. The zero-order valence-corrected chi connectivity index (χ0v) is 18.3. The standard InChI is InChI=1S/C24H28O6/c1-7-24(25)30-20-15-23(29-16(3)4)21(27-6)14-18(20)11-9-17-10-12-19(26-5)22(13-17)28-8-2/h10,12-16H,7-8H2,1-6H3. The van der Waals surface area contributed by atoms with E-state index in [1.807, 2.05) is 26.8 Å². The summed E-state index contributed by atoms with van der Waals surface area (Å²) in [6.07, 6.45) is 0.178. The molecule has 0 heterocycles. The third kappa shape index (κ3) is 6.08. The van der Waals surface area contributed by atoms with E-state index in [4.69, 9.17) is 23.7 Å². The van der Waals surface area contributed by atoms with Crippen molar-refractivity contribution in [3.63, 3.8) is 0 Å². The summed E-state index contributed by atoms with van der Waals surface area (Å²) < 4.78 is 27.6.